The van der Waals surface area contributed by atoms with E-state index in [1.54, 1.807) is 11.3 Å². The fourth-order valence-corrected chi connectivity index (χ4v) is 3.81. The van der Waals surface area contributed by atoms with E-state index in [0.717, 1.165) is 21.7 Å². The van der Waals surface area contributed by atoms with Crippen molar-refractivity contribution >= 4 is 28.6 Å². The normalized spacial score (nSPS) is 12.6. The lowest BCUT2D eigenvalue weighted by molar-refractivity contribution is 0.275. The van der Waals surface area contributed by atoms with E-state index in [2.05, 4.69) is 55.0 Å². The molecule has 1 heterocycles. The number of hydrogen-bond donors (Lipinski definition) is 1. The van der Waals surface area contributed by atoms with Gasteiger partial charge in [-0.2, -0.15) is 0 Å². The highest BCUT2D eigenvalue weighted by atomic mass is 35.5. The summed E-state index contributed by atoms with van der Waals surface area (Å²) in [5.74, 6) is 0. The lowest BCUT2D eigenvalue weighted by atomic mass is 9.86. The molecule has 1 aromatic heterocycles. The quantitative estimate of drug-likeness (QED) is 0.641. The molecule has 0 atom stereocenters. The molecule has 136 valence electrons. The molecular weight excluding hydrogens is 364 g/mol. The van der Waals surface area contributed by atoms with Crippen LogP contribution in [-0.2, 0) is 12.0 Å². The first-order valence-corrected chi connectivity index (χ1v) is 9.84. The highest BCUT2D eigenvalue weighted by Gasteiger charge is 2.14. The van der Waals surface area contributed by atoms with Gasteiger partial charge in [0.05, 0.1) is 18.0 Å². The van der Waals surface area contributed by atoms with Crippen LogP contribution in [0.1, 0.15) is 26.3 Å². The Morgan fingerprint density at radius 1 is 1.04 bits per heavy atom. The van der Waals surface area contributed by atoms with Crippen LogP contribution in [0.5, 0.6) is 0 Å². The molecule has 0 spiro atoms. The monoisotopic (exact) mass is 386 g/mol. The molecule has 0 aliphatic rings. The van der Waals surface area contributed by atoms with Crippen LogP contribution in [0, 0.1) is 0 Å². The summed E-state index contributed by atoms with van der Waals surface area (Å²) in [4.78, 5) is 5.57. The molecule has 3 rings (SSSR count). The largest absolute Gasteiger partial charge is 0.395 e. The van der Waals surface area contributed by atoms with Gasteiger partial charge in [-0.05, 0) is 40.8 Å². The molecule has 26 heavy (non-hydrogen) atoms. The third-order valence-electron chi connectivity index (χ3n) is 4.22. The van der Waals surface area contributed by atoms with Gasteiger partial charge in [-0.15, -0.1) is 11.3 Å². The van der Waals surface area contributed by atoms with E-state index in [9.17, 15) is 5.11 Å². The van der Waals surface area contributed by atoms with Gasteiger partial charge in [0.25, 0.3) is 0 Å². The SMILES string of the molecule is CC(C)(C)c1ccc(-c2csc(=Nc3ccc(Cl)cc3)n2CCO)cc1. The van der Waals surface area contributed by atoms with E-state index in [-0.39, 0.29) is 12.0 Å². The predicted molar refractivity (Wildman–Crippen MR) is 110 cm³/mol. The third-order valence-corrected chi connectivity index (χ3v) is 5.33. The minimum Gasteiger partial charge on any atom is -0.395 e. The summed E-state index contributed by atoms with van der Waals surface area (Å²) in [6.07, 6.45) is 0. The van der Waals surface area contributed by atoms with Crippen molar-refractivity contribution in [2.45, 2.75) is 32.7 Å². The van der Waals surface area contributed by atoms with Crippen LogP contribution >= 0.6 is 22.9 Å². The average molecular weight is 387 g/mol. The van der Waals surface area contributed by atoms with E-state index in [4.69, 9.17) is 16.6 Å². The summed E-state index contributed by atoms with van der Waals surface area (Å²) >= 11 is 7.52. The van der Waals surface area contributed by atoms with Crippen molar-refractivity contribution in [1.29, 1.82) is 0 Å². The summed E-state index contributed by atoms with van der Waals surface area (Å²) in [5, 5.41) is 12.3. The van der Waals surface area contributed by atoms with E-state index in [0.29, 0.717) is 11.6 Å². The van der Waals surface area contributed by atoms with E-state index < -0.39 is 0 Å². The topological polar surface area (TPSA) is 37.5 Å². The van der Waals surface area contributed by atoms with Crippen molar-refractivity contribution in [3.63, 3.8) is 0 Å². The van der Waals surface area contributed by atoms with Gasteiger partial charge < -0.3 is 9.67 Å². The predicted octanol–water partition coefficient (Wildman–Crippen LogP) is 5.39. The van der Waals surface area contributed by atoms with Crippen LogP contribution < -0.4 is 4.80 Å². The van der Waals surface area contributed by atoms with Crippen LogP contribution in [0.25, 0.3) is 11.3 Å². The fraction of sp³-hybridized carbons (Fsp3) is 0.286. The standard InChI is InChI=1S/C21H23ClN2OS/c1-21(2,3)16-6-4-15(5-7-16)19-14-26-20(24(19)12-13-25)23-18-10-8-17(22)9-11-18/h4-11,14,25H,12-13H2,1-3H3. The molecular formula is C21H23ClN2OS. The number of aromatic nitrogens is 1. The molecule has 3 nitrogen and oxygen atoms in total. The van der Waals surface area contributed by atoms with Gasteiger partial charge in [-0.25, -0.2) is 4.99 Å². The number of benzene rings is 2. The Morgan fingerprint density at radius 2 is 1.69 bits per heavy atom. The molecule has 0 radical (unpaired) electrons. The van der Waals surface area contributed by atoms with Crippen molar-refractivity contribution in [3.8, 4) is 11.3 Å². The highest BCUT2D eigenvalue weighted by Crippen LogP contribution is 2.26. The minimum atomic E-state index is 0.0671. The smallest absolute Gasteiger partial charge is 0.190 e. The van der Waals surface area contributed by atoms with Crippen molar-refractivity contribution in [1.82, 2.24) is 4.57 Å². The number of hydrogen-bond acceptors (Lipinski definition) is 3. The molecule has 2 aromatic carbocycles. The molecule has 1 N–H and O–H groups in total. The zero-order valence-electron chi connectivity index (χ0n) is 15.2. The Kier molecular flexibility index (Phi) is 5.66. The molecule has 0 unspecified atom stereocenters. The Labute approximate surface area is 163 Å². The van der Waals surface area contributed by atoms with Gasteiger partial charge in [-0.3, -0.25) is 0 Å². The molecule has 0 aliphatic carbocycles. The van der Waals surface area contributed by atoms with Gasteiger partial charge in [0.1, 0.15) is 0 Å². The minimum absolute atomic E-state index is 0.0671. The van der Waals surface area contributed by atoms with Gasteiger partial charge >= 0.3 is 0 Å². The van der Waals surface area contributed by atoms with E-state index in [1.165, 1.54) is 5.56 Å². The molecule has 0 saturated carbocycles. The van der Waals surface area contributed by atoms with Gasteiger partial charge in [-0.1, -0.05) is 56.6 Å². The Bertz CT molecular complexity index is 932. The molecule has 3 aromatic rings. The summed E-state index contributed by atoms with van der Waals surface area (Å²) in [6.45, 7) is 7.20. The molecule has 0 saturated heterocycles. The molecule has 0 fully saturated rings. The van der Waals surface area contributed by atoms with Crippen LogP contribution in [0.3, 0.4) is 0 Å². The number of aliphatic hydroxyl groups excluding tert-OH is 1. The molecule has 5 heteroatoms. The maximum Gasteiger partial charge on any atom is 0.190 e. The highest BCUT2D eigenvalue weighted by molar-refractivity contribution is 7.07. The lowest BCUT2D eigenvalue weighted by Crippen LogP contribution is -2.18. The first kappa shape index (κ1) is 18.9. The number of thiazole rings is 1. The fourth-order valence-electron chi connectivity index (χ4n) is 2.73. The Morgan fingerprint density at radius 3 is 2.27 bits per heavy atom. The second-order valence-electron chi connectivity index (χ2n) is 7.19. The summed E-state index contributed by atoms with van der Waals surface area (Å²) in [7, 11) is 0. The third kappa shape index (κ3) is 4.26. The molecule has 0 amide bonds. The second kappa shape index (κ2) is 7.78. The first-order chi connectivity index (χ1) is 12.4. The lowest BCUT2D eigenvalue weighted by Gasteiger charge is -2.19. The van der Waals surface area contributed by atoms with Gasteiger partial charge in [0.2, 0.25) is 0 Å². The zero-order valence-corrected chi connectivity index (χ0v) is 16.8. The number of rotatable bonds is 4. The summed E-state index contributed by atoms with van der Waals surface area (Å²) < 4.78 is 2.06. The van der Waals surface area contributed by atoms with E-state index in [1.807, 2.05) is 24.3 Å². The molecule has 0 bridgehead atoms. The van der Waals surface area contributed by atoms with Gasteiger partial charge in [0.15, 0.2) is 4.80 Å². The van der Waals surface area contributed by atoms with Crippen LogP contribution in [0.4, 0.5) is 5.69 Å². The number of halogens is 1. The van der Waals surface area contributed by atoms with Crippen LogP contribution in [-0.4, -0.2) is 16.3 Å². The number of aliphatic hydroxyl groups is 1. The second-order valence-corrected chi connectivity index (χ2v) is 8.47. The average Bonchev–Trinajstić information content (AvgIpc) is 2.99. The summed E-state index contributed by atoms with van der Waals surface area (Å²) in [5.41, 5.74) is 4.47. The maximum absolute atomic E-state index is 9.51. The molecule has 0 aliphatic heterocycles. The van der Waals surface area contributed by atoms with Crippen molar-refractivity contribution in [3.05, 3.63) is 69.3 Å². The first-order valence-electron chi connectivity index (χ1n) is 8.59. The van der Waals surface area contributed by atoms with Crippen LogP contribution in [0.15, 0.2) is 58.9 Å². The van der Waals surface area contributed by atoms with Gasteiger partial charge in [0, 0.05) is 16.9 Å². The van der Waals surface area contributed by atoms with Crippen molar-refractivity contribution in [2.24, 2.45) is 4.99 Å². The number of nitrogens with zero attached hydrogens (tertiary/aromatic N) is 2. The Hall–Kier alpha value is -1.88. The summed E-state index contributed by atoms with van der Waals surface area (Å²) in [6, 6.07) is 16.1. The van der Waals surface area contributed by atoms with E-state index >= 15 is 0 Å². The van der Waals surface area contributed by atoms with Crippen molar-refractivity contribution in [2.75, 3.05) is 6.61 Å². The Balaban J connectivity index is 2.03. The maximum atomic E-state index is 9.51. The van der Waals surface area contributed by atoms with Crippen molar-refractivity contribution < 1.29 is 5.11 Å². The van der Waals surface area contributed by atoms with Crippen LogP contribution in [0.2, 0.25) is 5.02 Å². The zero-order chi connectivity index (χ0) is 18.7.